The third kappa shape index (κ3) is 7.42. The zero-order valence-corrected chi connectivity index (χ0v) is 21.2. The number of thiophene rings is 1. The van der Waals surface area contributed by atoms with Gasteiger partial charge in [0.15, 0.2) is 5.76 Å². The lowest BCUT2D eigenvalue weighted by Gasteiger charge is -2.29. The molecule has 1 aliphatic heterocycles. The Kier molecular flexibility index (Phi) is 9.31. The van der Waals surface area contributed by atoms with Gasteiger partial charge in [-0.25, -0.2) is 0 Å². The molecule has 1 aromatic heterocycles. The molecule has 0 fully saturated rings. The molecule has 37 heavy (non-hydrogen) atoms. The average Bonchev–Trinajstić information content (AvgIpc) is 3.46. The number of nitrogens with one attached hydrogen (secondary N) is 2. The quantitative estimate of drug-likeness (QED) is 0.219. The summed E-state index contributed by atoms with van der Waals surface area (Å²) in [6.45, 7) is 0.846. The molecule has 3 aromatic rings. The molecule has 0 unspecified atom stereocenters. The maximum absolute atomic E-state index is 13.0. The van der Waals surface area contributed by atoms with Crippen molar-refractivity contribution in [1.29, 1.82) is 0 Å². The van der Waals surface area contributed by atoms with E-state index in [1.807, 2.05) is 17.5 Å². The van der Waals surface area contributed by atoms with Gasteiger partial charge in [-0.1, -0.05) is 24.3 Å². The maximum Gasteiger partial charge on any atom is 0.286 e. The number of aliphatic hydroxyl groups is 1. The van der Waals surface area contributed by atoms with Crippen molar-refractivity contribution in [1.82, 2.24) is 5.32 Å². The topological polar surface area (TPSA) is 123 Å². The highest BCUT2D eigenvalue weighted by Gasteiger charge is 2.28. The van der Waals surface area contributed by atoms with Gasteiger partial charge >= 0.3 is 0 Å². The first-order valence-electron chi connectivity index (χ1n) is 12.2. The molecule has 0 aliphatic carbocycles. The zero-order chi connectivity index (χ0) is 26.0. The second-order valence-electron chi connectivity index (χ2n) is 8.70. The number of aliphatic hydroxyl groups excluding tert-OH is 1. The summed E-state index contributed by atoms with van der Waals surface area (Å²) in [6.07, 6.45) is 3.30. The summed E-state index contributed by atoms with van der Waals surface area (Å²) >= 11 is 1.61. The first kappa shape index (κ1) is 26.4. The van der Waals surface area contributed by atoms with Crippen LogP contribution in [0.15, 0.2) is 77.2 Å². The van der Waals surface area contributed by atoms with Gasteiger partial charge in [0.25, 0.3) is 11.8 Å². The van der Waals surface area contributed by atoms with Crippen molar-refractivity contribution in [3.05, 3.63) is 93.9 Å². The van der Waals surface area contributed by atoms with E-state index in [9.17, 15) is 9.59 Å². The van der Waals surface area contributed by atoms with Crippen LogP contribution >= 0.6 is 11.3 Å². The van der Waals surface area contributed by atoms with Gasteiger partial charge in [-0.15, -0.1) is 0 Å². The lowest BCUT2D eigenvalue weighted by atomic mass is 9.95. The number of para-hydroxylation sites is 2. The number of nitrogen functional groups attached to an aromatic ring is 1. The highest BCUT2D eigenvalue weighted by molar-refractivity contribution is 7.08. The normalized spacial score (nSPS) is 16.9. The number of amides is 2. The highest BCUT2D eigenvalue weighted by Crippen LogP contribution is 2.32. The largest absolute Gasteiger partial charge is 0.459 e. The standard InChI is InChI=1S/C28H31N3O5S/c29-23-5-1-2-6-24(23)31-27(33)20-9-7-19(8-10-20)17-30-28(34)25-15-22(21-11-14-37-18-21)16-26(36-25)35-13-4-3-12-32/h1-2,5-11,14-15,18,22,26,32H,3-4,12-13,16-17,29H2,(H,30,34)(H,31,33)/t22-,26+/m0/s1. The van der Waals surface area contributed by atoms with Crippen LogP contribution in [0, 0.1) is 0 Å². The van der Waals surface area contributed by atoms with E-state index in [0.717, 1.165) is 17.5 Å². The monoisotopic (exact) mass is 521 g/mol. The number of benzene rings is 2. The molecule has 2 aromatic carbocycles. The Labute approximate surface area is 220 Å². The summed E-state index contributed by atoms with van der Waals surface area (Å²) in [5.74, 6) is -0.352. The van der Waals surface area contributed by atoms with Crippen LogP contribution in [-0.2, 0) is 20.8 Å². The molecule has 9 heteroatoms. The second-order valence-corrected chi connectivity index (χ2v) is 9.48. The van der Waals surface area contributed by atoms with E-state index >= 15 is 0 Å². The van der Waals surface area contributed by atoms with Crippen molar-refractivity contribution in [3.63, 3.8) is 0 Å². The average molecular weight is 522 g/mol. The zero-order valence-electron chi connectivity index (χ0n) is 20.4. The van der Waals surface area contributed by atoms with Gasteiger partial charge in [-0.2, -0.15) is 11.3 Å². The Morgan fingerprint density at radius 1 is 1.08 bits per heavy atom. The van der Waals surface area contributed by atoms with Gasteiger partial charge in [-0.3, -0.25) is 9.59 Å². The lowest BCUT2D eigenvalue weighted by Crippen LogP contribution is -2.32. The molecule has 0 saturated carbocycles. The van der Waals surface area contributed by atoms with E-state index < -0.39 is 6.29 Å². The van der Waals surface area contributed by atoms with Crippen LogP contribution < -0.4 is 16.4 Å². The predicted octanol–water partition coefficient (Wildman–Crippen LogP) is 4.40. The fraction of sp³-hybridized carbons (Fsp3) is 0.286. The van der Waals surface area contributed by atoms with Crippen LogP contribution in [0.2, 0.25) is 0 Å². The number of anilines is 2. The molecule has 194 valence electrons. The Bertz CT molecular complexity index is 1210. The van der Waals surface area contributed by atoms with Gasteiger partial charge in [0, 0.05) is 31.1 Å². The Hall–Kier alpha value is -3.66. The van der Waals surface area contributed by atoms with Gasteiger partial charge in [0.05, 0.1) is 18.0 Å². The molecular formula is C28H31N3O5S. The molecule has 0 radical (unpaired) electrons. The van der Waals surface area contributed by atoms with Crippen molar-refractivity contribution in [2.75, 3.05) is 24.3 Å². The number of hydrogen-bond donors (Lipinski definition) is 4. The van der Waals surface area contributed by atoms with Crippen molar-refractivity contribution < 1.29 is 24.2 Å². The van der Waals surface area contributed by atoms with E-state index in [4.69, 9.17) is 20.3 Å². The Morgan fingerprint density at radius 2 is 1.89 bits per heavy atom. The minimum Gasteiger partial charge on any atom is -0.459 e. The number of unbranched alkanes of at least 4 members (excludes halogenated alkanes) is 1. The summed E-state index contributed by atoms with van der Waals surface area (Å²) in [5, 5.41) is 18.7. The molecule has 0 saturated heterocycles. The van der Waals surface area contributed by atoms with Gasteiger partial charge < -0.3 is 30.9 Å². The molecular weight excluding hydrogens is 490 g/mol. The number of hydrogen-bond acceptors (Lipinski definition) is 7. The van der Waals surface area contributed by atoms with E-state index in [0.29, 0.717) is 36.4 Å². The molecule has 2 amide bonds. The number of ether oxygens (including phenoxy) is 2. The van der Waals surface area contributed by atoms with E-state index in [2.05, 4.69) is 16.0 Å². The molecule has 8 nitrogen and oxygen atoms in total. The van der Waals surface area contributed by atoms with Crippen molar-refractivity contribution in [2.24, 2.45) is 0 Å². The van der Waals surface area contributed by atoms with Crippen LogP contribution in [0.4, 0.5) is 11.4 Å². The van der Waals surface area contributed by atoms with Crippen LogP contribution in [0.1, 0.15) is 46.7 Å². The third-order valence-corrected chi connectivity index (χ3v) is 6.69. The molecule has 4 rings (SSSR count). The van der Waals surface area contributed by atoms with Crippen LogP contribution in [0.25, 0.3) is 0 Å². The van der Waals surface area contributed by atoms with E-state index in [-0.39, 0.29) is 36.6 Å². The van der Waals surface area contributed by atoms with Crippen molar-refractivity contribution >= 4 is 34.5 Å². The Morgan fingerprint density at radius 3 is 2.62 bits per heavy atom. The predicted molar refractivity (Wildman–Crippen MR) is 144 cm³/mol. The number of carbonyl (C=O) groups is 2. The SMILES string of the molecule is Nc1ccccc1NC(=O)c1ccc(CNC(=O)C2=C[C@H](c3ccsc3)C[C@H](OCCCCO)O2)cc1. The number of rotatable bonds is 11. The van der Waals surface area contributed by atoms with Crippen LogP contribution in [0.5, 0.6) is 0 Å². The van der Waals surface area contributed by atoms with Crippen molar-refractivity contribution in [3.8, 4) is 0 Å². The van der Waals surface area contributed by atoms with E-state index in [1.165, 1.54) is 0 Å². The smallest absolute Gasteiger partial charge is 0.286 e. The first-order chi connectivity index (χ1) is 18.0. The summed E-state index contributed by atoms with van der Waals surface area (Å²) in [5.41, 5.74) is 9.39. The molecule has 2 heterocycles. The molecule has 0 bridgehead atoms. The molecule has 5 N–H and O–H groups in total. The van der Waals surface area contributed by atoms with E-state index in [1.54, 1.807) is 59.9 Å². The maximum atomic E-state index is 13.0. The summed E-state index contributed by atoms with van der Waals surface area (Å²) in [7, 11) is 0. The fourth-order valence-corrected chi connectivity index (χ4v) is 4.64. The highest BCUT2D eigenvalue weighted by atomic mass is 32.1. The summed E-state index contributed by atoms with van der Waals surface area (Å²) < 4.78 is 11.7. The number of carbonyl (C=O) groups excluding carboxylic acids is 2. The third-order valence-electron chi connectivity index (χ3n) is 5.99. The fourth-order valence-electron chi connectivity index (χ4n) is 3.91. The van der Waals surface area contributed by atoms with Crippen LogP contribution in [-0.4, -0.2) is 36.4 Å². The minimum absolute atomic E-state index is 0.0139. The second kappa shape index (κ2) is 13.0. The van der Waals surface area contributed by atoms with Gasteiger partial charge in [0.1, 0.15) is 0 Å². The number of nitrogens with two attached hydrogens (primary N) is 1. The summed E-state index contributed by atoms with van der Waals surface area (Å²) in [4.78, 5) is 25.5. The minimum atomic E-state index is -0.536. The number of allylic oxidation sites excluding steroid dienone is 1. The summed E-state index contributed by atoms with van der Waals surface area (Å²) in [6, 6.07) is 16.1. The molecule has 0 spiro atoms. The Balaban J connectivity index is 1.34. The van der Waals surface area contributed by atoms with Gasteiger partial charge in [-0.05, 0) is 71.1 Å². The first-order valence-corrected chi connectivity index (χ1v) is 13.1. The lowest BCUT2D eigenvalue weighted by molar-refractivity contribution is -0.146. The van der Waals surface area contributed by atoms with Crippen LogP contribution in [0.3, 0.4) is 0 Å². The molecule has 2 atom stereocenters. The van der Waals surface area contributed by atoms with Gasteiger partial charge in [0.2, 0.25) is 6.29 Å². The van der Waals surface area contributed by atoms with Crippen molar-refractivity contribution in [2.45, 2.75) is 38.0 Å². The molecule has 1 aliphatic rings.